The number of rotatable bonds is 8. The number of benzene rings is 1. The molecule has 156 valence electrons. The van der Waals surface area contributed by atoms with Gasteiger partial charge in [0, 0.05) is 25.3 Å². The summed E-state index contributed by atoms with van der Waals surface area (Å²) in [6.45, 7) is 1.18. The number of hydrogen-bond donors (Lipinski definition) is 1. The van der Waals surface area contributed by atoms with E-state index >= 15 is 0 Å². The van der Waals surface area contributed by atoms with E-state index in [9.17, 15) is 13.6 Å². The van der Waals surface area contributed by atoms with Gasteiger partial charge in [0.1, 0.15) is 5.03 Å². The summed E-state index contributed by atoms with van der Waals surface area (Å²) in [5.74, 6) is -3.01. The first-order chi connectivity index (χ1) is 14.0. The van der Waals surface area contributed by atoms with E-state index in [1.807, 2.05) is 18.2 Å². The number of carbonyl (C=O) groups excluding carboxylic acids is 1. The molecule has 3 rings (SSSR count). The molecule has 2 aromatic rings. The third kappa shape index (κ3) is 6.24. The fourth-order valence-corrected chi connectivity index (χ4v) is 4.39. The average molecular weight is 420 g/mol. The lowest BCUT2D eigenvalue weighted by Crippen LogP contribution is -2.33. The number of carbonyl (C=O) groups is 1. The van der Waals surface area contributed by atoms with Gasteiger partial charge in [0.2, 0.25) is 0 Å². The molecule has 1 saturated carbocycles. The van der Waals surface area contributed by atoms with E-state index in [-0.39, 0.29) is 10.6 Å². The predicted molar refractivity (Wildman–Crippen MR) is 112 cm³/mol. The molecule has 1 fully saturated rings. The summed E-state index contributed by atoms with van der Waals surface area (Å²) in [4.78, 5) is 18.9. The summed E-state index contributed by atoms with van der Waals surface area (Å²) in [7, 11) is 2.16. The van der Waals surface area contributed by atoms with Crippen LogP contribution >= 0.6 is 11.8 Å². The summed E-state index contributed by atoms with van der Waals surface area (Å²) in [6.07, 6.45) is 7.79. The molecule has 0 radical (unpaired) electrons. The van der Waals surface area contributed by atoms with Crippen LogP contribution in [0.25, 0.3) is 0 Å². The summed E-state index contributed by atoms with van der Waals surface area (Å²) in [5, 5.41) is 2.91. The molecule has 1 aromatic heterocycles. The van der Waals surface area contributed by atoms with Crippen molar-refractivity contribution in [3.05, 3.63) is 59.3 Å². The number of nitrogens with one attached hydrogen (secondary N) is 1. The molecule has 1 aliphatic rings. The second-order valence-electron chi connectivity index (χ2n) is 7.39. The molecule has 29 heavy (non-hydrogen) atoms. The monoisotopic (exact) mass is 419 g/mol. The van der Waals surface area contributed by atoms with Gasteiger partial charge in [0.05, 0.1) is 5.56 Å². The Labute approximate surface area is 175 Å². The Morgan fingerprint density at radius 3 is 2.62 bits per heavy atom. The van der Waals surface area contributed by atoms with E-state index in [1.54, 1.807) is 6.07 Å². The highest BCUT2D eigenvalue weighted by molar-refractivity contribution is 7.99. The van der Waals surface area contributed by atoms with Crippen LogP contribution < -0.4 is 5.32 Å². The van der Waals surface area contributed by atoms with Gasteiger partial charge in [-0.05, 0) is 54.9 Å². The van der Waals surface area contributed by atoms with Crippen LogP contribution in [0.1, 0.15) is 53.6 Å². The Morgan fingerprint density at radius 2 is 1.90 bits per heavy atom. The quantitative estimate of drug-likeness (QED) is 0.606. The van der Waals surface area contributed by atoms with Crippen molar-refractivity contribution in [1.29, 1.82) is 0 Å². The van der Waals surface area contributed by atoms with Crippen LogP contribution in [0.4, 0.5) is 8.78 Å². The number of nitrogens with zero attached hydrogens (tertiary/aromatic N) is 2. The molecule has 1 N–H and O–H groups in total. The zero-order chi connectivity index (χ0) is 20.6. The van der Waals surface area contributed by atoms with Crippen molar-refractivity contribution >= 4 is 17.7 Å². The molecule has 4 nitrogen and oxygen atoms in total. The van der Waals surface area contributed by atoms with E-state index in [0.717, 1.165) is 12.1 Å². The number of amides is 1. The van der Waals surface area contributed by atoms with Gasteiger partial charge in [-0.15, -0.1) is 0 Å². The maximum absolute atomic E-state index is 12.7. The molecular formula is C22H27F2N3OS. The molecule has 0 unspecified atom stereocenters. The number of thioether (sulfide) groups is 1. The molecule has 1 heterocycles. The van der Waals surface area contributed by atoms with Crippen LogP contribution in [0.15, 0.2) is 47.6 Å². The number of halogens is 2. The molecule has 0 aliphatic heterocycles. The Hall–Kier alpha value is -1.99. The Morgan fingerprint density at radius 1 is 1.17 bits per heavy atom. The number of aromatic nitrogens is 1. The van der Waals surface area contributed by atoms with E-state index in [1.165, 1.54) is 49.9 Å². The molecule has 1 aromatic carbocycles. The van der Waals surface area contributed by atoms with Crippen LogP contribution in [-0.4, -0.2) is 34.6 Å². The second-order valence-corrected chi connectivity index (χ2v) is 8.37. The van der Waals surface area contributed by atoms with E-state index in [0.29, 0.717) is 24.3 Å². The minimum Gasteiger partial charge on any atom is -0.348 e. The summed E-state index contributed by atoms with van der Waals surface area (Å²) >= 11 is 0.290. The molecule has 0 saturated heterocycles. The minimum absolute atomic E-state index is 0.0466. The lowest BCUT2D eigenvalue weighted by molar-refractivity contribution is 0.0947. The first-order valence-electron chi connectivity index (χ1n) is 9.99. The van der Waals surface area contributed by atoms with Crippen LogP contribution in [0.5, 0.6) is 0 Å². The normalized spacial score (nSPS) is 15.1. The molecule has 0 bridgehead atoms. The van der Waals surface area contributed by atoms with E-state index in [4.69, 9.17) is 0 Å². The van der Waals surface area contributed by atoms with Crippen molar-refractivity contribution in [3.63, 3.8) is 0 Å². The van der Waals surface area contributed by atoms with Gasteiger partial charge >= 0.3 is 0 Å². The Bertz CT molecular complexity index is 812. The van der Waals surface area contributed by atoms with Crippen molar-refractivity contribution in [3.8, 4) is 0 Å². The molecular weight excluding hydrogens is 392 g/mol. The maximum atomic E-state index is 12.7. The number of alkyl halides is 2. The van der Waals surface area contributed by atoms with Crippen LogP contribution in [0.3, 0.4) is 0 Å². The molecule has 0 spiro atoms. The van der Waals surface area contributed by atoms with Crippen LogP contribution in [0, 0.1) is 0 Å². The van der Waals surface area contributed by atoms with Gasteiger partial charge in [-0.25, -0.2) is 4.98 Å². The first kappa shape index (κ1) is 21.7. The summed E-state index contributed by atoms with van der Waals surface area (Å²) < 4.78 is 25.5. The van der Waals surface area contributed by atoms with E-state index < -0.39 is 11.7 Å². The zero-order valence-corrected chi connectivity index (χ0v) is 17.4. The zero-order valence-electron chi connectivity index (χ0n) is 16.6. The van der Waals surface area contributed by atoms with Crippen molar-refractivity contribution in [2.24, 2.45) is 0 Å². The van der Waals surface area contributed by atoms with E-state index in [2.05, 4.69) is 28.3 Å². The molecule has 1 amide bonds. The lowest BCUT2D eigenvalue weighted by atomic mass is 9.94. The highest BCUT2D eigenvalue weighted by Gasteiger charge is 2.20. The first-order valence-corrected chi connectivity index (χ1v) is 10.9. The molecule has 7 heteroatoms. The Balaban J connectivity index is 1.65. The van der Waals surface area contributed by atoms with Gasteiger partial charge in [-0.2, -0.15) is 8.78 Å². The van der Waals surface area contributed by atoms with Crippen molar-refractivity contribution in [1.82, 2.24) is 15.2 Å². The average Bonchev–Trinajstić information content (AvgIpc) is 2.73. The third-order valence-corrected chi connectivity index (χ3v) is 6.12. The highest BCUT2D eigenvalue weighted by Crippen LogP contribution is 2.26. The SMILES string of the molecule is CN(Cc1ccccc1CNC(=O)c1cccnc1SC(F)F)C1CCCCC1. The minimum atomic E-state index is -2.62. The smallest absolute Gasteiger partial charge is 0.290 e. The topological polar surface area (TPSA) is 45.2 Å². The molecule has 1 aliphatic carbocycles. The van der Waals surface area contributed by atoms with Crippen LogP contribution in [-0.2, 0) is 13.1 Å². The Kier molecular flexibility index (Phi) is 8.00. The maximum Gasteiger partial charge on any atom is 0.290 e. The third-order valence-electron chi connectivity index (χ3n) is 5.39. The van der Waals surface area contributed by atoms with Gasteiger partial charge in [-0.3, -0.25) is 9.69 Å². The van der Waals surface area contributed by atoms with Crippen LogP contribution in [0.2, 0.25) is 0 Å². The fraction of sp³-hybridized carbons (Fsp3) is 0.455. The predicted octanol–water partition coefficient (Wildman–Crippen LogP) is 5.09. The number of hydrogen-bond acceptors (Lipinski definition) is 4. The summed E-state index contributed by atoms with van der Waals surface area (Å²) in [6, 6.07) is 11.8. The van der Waals surface area contributed by atoms with Gasteiger partial charge < -0.3 is 5.32 Å². The largest absolute Gasteiger partial charge is 0.348 e. The number of pyridine rings is 1. The standard InChI is InChI=1S/C22H27F2N3OS/c1-27(18-10-3-2-4-11-18)15-17-9-6-5-8-16(17)14-26-20(28)19-12-7-13-25-21(19)29-22(23)24/h5-9,12-13,18,22H,2-4,10-11,14-15H2,1H3,(H,26,28). The van der Waals surface area contributed by atoms with Crippen molar-refractivity contribution < 1.29 is 13.6 Å². The van der Waals surface area contributed by atoms with Gasteiger partial charge in [0.15, 0.2) is 0 Å². The lowest BCUT2D eigenvalue weighted by Gasteiger charge is -2.31. The van der Waals surface area contributed by atoms with Gasteiger partial charge in [-0.1, -0.05) is 43.5 Å². The van der Waals surface area contributed by atoms with Crippen molar-refractivity contribution in [2.75, 3.05) is 7.05 Å². The summed E-state index contributed by atoms with van der Waals surface area (Å²) in [5.41, 5.74) is 2.39. The van der Waals surface area contributed by atoms with Crippen molar-refractivity contribution in [2.45, 2.75) is 62.0 Å². The molecule has 0 atom stereocenters. The second kappa shape index (κ2) is 10.7. The van der Waals surface area contributed by atoms with Gasteiger partial charge in [0.25, 0.3) is 11.7 Å². The highest BCUT2D eigenvalue weighted by atomic mass is 32.2. The fourth-order valence-electron chi connectivity index (χ4n) is 3.82.